The minimum absolute atomic E-state index is 0.0789. The molecule has 14 heteroatoms. The van der Waals surface area contributed by atoms with Crippen LogP contribution >= 0.6 is 0 Å². The van der Waals surface area contributed by atoms with Gasteiger partial charge in [0.05, 0.1) is 12.6 Å². The number of benzene rings is 3. The monoisotopic (exact) mass is 602 g/mol. The first kappa shape index (κ1) is 28.5. The van der Waals surface area contributed by atoms with E-state index in [9.17, 15) is 30.4 Å². The van der Waals surface area contributed by atoms with Gasteiger partial charge >= 0.3 is 6.36 Å². The van der Waals surface area contributed by atoms with Crippen LogP contribution in [0.1, 0.15) is 0 Å². The second kappa shape index (κ2) is 10.8. The van der Waals surface area contributed by atoms with Crippen molar-refractivity contribution >= 4 is 32.4 Å². The van der Waals surface area contributed by atoms with Gasteiger partial charge in [0.25, 0.3) is 10.0 Å². The Labute approximate surface area is 235 Å². The number of hydrogen-bond donors (Lipinski definition) is 2. The average Bonchev–Trinajstić information content (AvgIpc) is 2.91. The first-order chi connectivity index (χ1) is 19.8. The molecule has 0 saturated carbocycles. The molecule has 0 unspecified atom stereocenters. The highest BCUT2D eigenvalue weighted by Crippen LogP contribution is 2.35. The molecular formula is C28H19F5N4O4S. The van der Waals surface area contributed by atoms with Crippen LogP contribution in [-0.4, -0.2) is 31.9 Å². The number of alkyl halides is 3. The minimum Gasteiger partial charge on any atom is -0.480 e. The summed E-state index contributed by atoms with van der Waals surface area (Å²) in [5.41, 5.74) is 8.15. The molecule has 0 aliphatic carbocycles. The van der Waals surface area contributed by atoms with Crippen molar-refractivity contribution in [2.45, 2.75) is 11.3 Å². The van der Waals surface area contributed by atoms with E-state index in [0.717, 1.165) is 18.2 Å². The Balaban J connectivity index is 1.53. The van der Waals surface area contributed by atoms with Gasteiger partial charge in [-0.2, -0.15) is 0 Å². The molecule has 8 nitrogen and oxygen atoms in total. The predicted molar refractivity (Wildman–Crippen MR) is 145 cm³/mol. The maximum absolute atomic E-state index is 14.2. The highest BCUT2D eigenvalue weighted by molar-refractivity contribution is 7.92. The van der Waals surface area contributed by atoms with E-state index in [1.807, 2.05) is 0 Å². The average molecular weight is 603 g/mol. The second-order valence-electron chi connectivity index (χ2n) is 8.87. The quantitative estimate of drug-likeness (QED) is 0.204. The Morgan fingerprint density at radius 1 is 0.905 bits per heavy atom. The Morgan fingerprint density at radius 2 is 1.69 bits per heavy atom. The Kier molecular flexibility index (Phi) is 7.33. The van der Waals surface area contributed by atoms with E-state index < -0.39 is 38.7 Å². The van der Waals surface area contributed by atoms with E-state index >= 15 is 0 Å². The van der Waals surface area contributed by atoms with E-state index in [4.69, 9.17) is 10.5 Å². The zero-order valence-electron chi connectivity index (χ0n) is 21.4. The molecule has 0 fully saturated rings. The number of nitrogen functional groups attached to an aromatic ring is 1. The number of halogens is 5. The lowest BCUT2D eigenvalue weighted by atomic mass is 10.0. The van der Waals surface area contributed by atoms with Crippen molar-refractivity contribution in [3.8, 4) is 33.9 Å². The molecular weight excluding hydrogens is 583 g/mol. The number of fused-ring (bicyclic) bond motifs is 1. The van der Waals surface area contributed by atoms with Gasteiger partial charge in [-0.15, -0.1) is 13.2 Å². The fourth-order valence-corrected chi connectivity index (χ4v) is 5.31. The van der Waals surface area contributed by atoms with Crippen molar-refractivity contribution in [2.24, 2.45) is 0 Å². The number of nitrogens with zero attached hydrogens (tertiary/aromatic N) is 2. The molecule has 2 heterocycles. The molecule has 0 radical (unpaired) electrons. The lowest BCUT2D eigenvalue weighted by Gasteiger charge is -2.14. The van der Waals surface area contributed by atoms with Gasteiger partial charge in [-0.1, -0.05) is 18.2 Å². The van der Waals surface area contributed by atoms with Gasteiger partial charge in [0, 0.05) is 28.8 Å². The standard InChI is InChI=1S/C28H19F5N4O4S/c1-40-27-24(37-42(38,39)25-8-6-19(29)13-22(25)30)12-18(14-35-27)15-5-7-23-17(9-15)11-21(26(34)36-23)16-3-2-4-20(10-16)41-28(31,32)33/h2-14,37H,1H3,(H2,34,36). The summed E-state index contributed by atoms with van der Waals surface area (Å²) in [6.07, 6.45) is -3.45. The Bertz CT molecular complexity index is 1930. The van der Waals surface area contributed by atoms with Crippen LogP contribution in [0.4, 0.5) is 33.5 Å². The van der Waals surface area contributed by atoms with Crippen molar-refractivity contribution in [2.75, 3.05) is 17.6 Å². The number of sulfonamides is 1. The summed E-state index contributed by atoms with van der Waals surface area (Å²) in [4.78, 5) is 7.72. The zero-order chi connectivity index (χ0) is 30.2. The topological polar surface area (TPSA) is 116 Å². The van der Waals surface area contributed by atoms with Crippen LogP contribution in [0.3, 0.4) is 0 Å². The van der Waals surface area contributed by atoms with E-state index in [2.05, 4.69) is 19.4 Å². The molecule has 42 heavy (non-hydrogen) atoms. The van der Waals surface area contributed by atoms with Gasteiger partial charge < -0.3 is 15.2 Å². The third kappa shape index (κ3) is 6.02. The summed E-state index contributed by atoms with van der Waals surface area (Å²) >= 11 is 0. The van der Waals surface area contributed by atoms with Gasteiger partial charge in [0.2, 0.25) is 5.88 Å². The van der Waals surface area contributed by atoms with Crippen LogP contribution in [0.15, 0.2) is 83.9 Å². The van der Waals surface area contributed by atoms with Gasteiger partial charge in [-0.25, -0.2) is 27.2 Å². The van der Waals surface area contributed by atoms with Crippen LogP contribution in [-0.2, 0) is 10.0 Å². The van der Waals surface area contributed by atoms with Gasteiger partial charge in [-0.3, -0.25) is 4.72 Å². The highest BCUT2D eigenvalue weighted by Gasteiger charge is 2.31. The van der Waals surface area contributed by atoms with Crippen molar-refractivity contribution in [1.82, 2.24) is 9.97 Å². The lowest BCUT2D eigenvalue weighted by Crippen LogP contribution is -2.17. The summed E-state index contributed by atoms with van der Waals surface area (Å²) in [6, 6.07) is 15.4. The number of nitrogens with two attached hydrogens (primary N) is 1. The summed E-state index contributed by atoms with van der Waals surface area (Å²) < 4.78 is 103. The number of pyridine rings is 2. The molecule has 3 N–H and O–H groups in total. The molecule has 0 aliphatic heterocycles. The highest BCUT2D eigenvalue weighted by atomic mass is 32.2. The van der Waals surface area contributed by atoms with Crippen molar-refractivity contribution in [3.63, 3.8) is 0 Å². The third-order valence-corrected chi connectivity index (χ3v) is 7.43. The fourth-order valence-electron chi connectivity index (χ4n) is 4.20. The van der Waals surface area contributed by atoms with Gasteiger partial charge in [0.1, 0.15) is 33.8 Å². The molecule has 216 valence electrons. The normalized spacial score (nSPS) is 11.9. The first-order valence-corrected chi connectivity index (χ1v) is 13.4. The number of hydrogen-bond acceptors (Lipinski definition) is 7. The van der Waals surface area contributed by atoms with Crippen LogP contribution in [0, 0.1) is 11.6 Å². The van der Waals surface area contributed by atoms with Crippen molar-refractivity contribution in [3.05, 3.63) is 90.6 Å². The van der Waals surface area contributed by atoms with Gasteiger partial charge in [0.15, 0.2) is 0 Å². The summed E-state index contributed by atoms with van der Waals surface area (Å²) in [7, 11) is -3.23. The maximum Gasteiger partial charge on any atom is 0.573 e. The number of rotatable bonds is 7. The van der Waals surface area contributed by atoms with Gasteiger partial charge in [-0.05, 0) is 59.7 Å². The molecule has 2 aromatic heterocycles. The maximum atomic E-state index is 14.2. The zero-order valence-corrected chi connectivity index (χ0v) is 22.2. The Hall–Kier alpha value is -4.98. The molecule has 0 spiro atoms. The number of methoxy groups -OCH3 is 1. The van der Waals surface area contributed by atoms with E-state index in [-0.39, 0.29) is 17.4 Å². The molecule has 0 saturated heterocycles. The molecule has 0 aliphatic rings. The summed E-state index contributed by atoms with van der Waals surface area (Å²) in [6.45, 7) is 0. The Morgan fingerprint density at radius 3 is 2.40 bits per heavy atom. The molecule has 0 atom stereocenters. The largest absolute Gasteiger partial charge is 0.573 e. The molecule has 5 aromatic rings. The molecule has 5 rings (SSSR count). The summed E-state index contributed by atoms with van der Waals surface area (Å²) in [5.74, 6) is -2.67. The van der Waals surface area contributed by atoms with E-state index in [0.29, 0.717) is 39.2 Å². The number of nitrogens with one attached hydrogen (secondary N) is 1. The van der Waals surface area contributed by atoms with E-state index in [1.54, 1.807) is 30.3 Å². The SMILES string of the molecule is COc1ncc(-c2ccc3nc(N)c(-c4cccc(OC(F)(F)F)c4)cc3c2)cc1NS(=O)(=O)c1ccc(F)cc1F. The lowest BCUT2D eigenvalue weighted by molar-refractivity contribution is -0.274. The number of anilines is 2. The van der Waals surface area contributed by atoms with Crippen LogP contribution in [0.25, 0.3) is 33.2 Å². The first-order valence-electron chi connectivity index (χ1n) is 11.9. The van der Waals surface area contributed by atoms with Crippen molar-refractivity contribution in [1.29, 1.82) is 0 Å². The molecule has 0 amide bonds. The fraction of sp³-hybridized carbons (Fsp3) is 0.0714. The van der Waals surface area contributed by atoms with Crippen LogP contribution in [0.5, 0.6) is 11.6 Å². The summed E-state index contributed by atoms with van der Waals surface area (Å²) in [5, 5.41) is 0.560. The van der Waals surface area contributed by atoms with Crippen LogP contribution < -0.4 is 19.9 Å². The molecule has 0 bridgehead atoms. The second-order valence-corrected chi connectivity index (χ2v) is 10.5. The van der Waals surface area contributed by atoms with Crippen LogP contribution in [0.2, 0.25) is 0 Å². The number of ether oxygens (including phenoxy) is 2. The molecule has 3 aromatic carbocycles. The predicted octanol–water partition coefficient (Wildman–Crippen LogP) is 6.53. The smallest absolute Gasteiger partial charge is 0.480 e. The van der Waals surface area contributed by atoms with E-state index in [1.165, 1.54) is 31.5 Å². The third-order valence-electron chi connectivity index (χ3n) is 6.03. The van der Waals surface area contributed by atoms with Crippen molar-refractivity contribution < 1.29 is 39.8 Å². The minimum atomic E-state index is -4.87. The number of aromatic nitrogens is 2.